The molecule has 1 heterocycles. The number of halogens is 3. The van der Waals surface area contributed by atoms with Gasteiger partial charge in [0.05, 0.1) is 10.4 Å². The van der Waals surface area contributed by atoms with E-state index in [1.807, 2.05) is 12.1 Å². The smallest absolute Gasteiger partial charge is 0.0821 e. The maximum atomic E-state index is 6.19. The van der Waals surface area contributed by atoms with Gasteiger partial charge in [0.2, 0.25) is 0 Å². The summed E-state index contributed by atoms with van der Waals surface area (Å²) in [7, 11) is 0. The molecule has 1 aromatic rings. The molecule has 2 atom stereocenters. The Hall–Kier alpha value is 0.240. The molecule has 1 aromatic carbocycles. The van der Waals surface area contributed by atoms with Crippen LogP contribution < -0.4 is 0 Å². The van der Waals surface area contributed by atoms with E-state index in [2.05, 4.69) is 22.9 Å². The molecule has 0 radical (unpaired) electrons. The summed E-state index contributed by atoms with van der Waals surface area (Å²) >= 11 is 15.8. The predicted molar refractivity (Wildman–Crippen MR) is 71.7 cm³/mol. The zero-order valence-electron chi connectivity index (χ0n) is 8.97. The quantitative estimate of drug-likeness (QED) is 0.696. The predicted octanol–water partition coefficient (Wildman–Crippen LogP) is 5.00. The Morgan fingerprint density at radius 3 is 2.75 bits per heavy atom. The van der Waals surface area contributed by atoms with Crippen LogP contribution in [0, 0.1) is 0 Å². The number of ether oxygens (including phenoxy) is 1. The van der Waals surface area contributed by atoms with Gasteiger partial charge in [-0.25, -0.2) is 0 Å². The van der Waals surface area contributed by atoms with Crippen molar-refractivity contribution in [1.29, 1.82) is 0 Å². The van der Waals surface area contributed by atoms with Gasteiger partial charge in [0.1, 0.15) is 0 Å². The third-order valence-corrected chi connectivity index (χ3v) is 5.05. The van der Waals surface area contributed by atoms with E-state index in [0.29, 0.717) is 10.0 Å². The summed E-state index contributed by atoms with van der Waals surface area (Å²) in [6, 6.07) is 5.58. The summed E-state index contributed by atoms with van der Waals surface area (Å²) in [5, 5.41) is 1.34. The monoisotopic (exact) mass is 322 g/mol. The summed E-state index contributed by atoms with van der Waals surface area (Å²) in [6.45, 7) is 2.94. The first-order valence-corrected chi connectivity index (χ1v) is 6.93. The first kappa shape index (κ1) is 12.7. The molecule has 1 fully saturated rings. The average Bonchev–Trinajstić information content (AvgIpc) is 2.66. The number of hydrogen-bond acceptors (Lipinski definition) is 1. The number of rotatable bonds is 2. The molecule has 2 unspecified atom stereocenters. The van der Waals surface area contributed by atoms with Crippen LogP contribution in [0.15, 0.2) is 18.2 Å². The average molecular weight is 324 g/mol. The third kappa shape index (κ3) is 2.40. The molecule has 0 aromatic heterocycles. The van der Waals surface area contributed by atoms with Gasteiger partial charge in [-0.3, -0.25) is 0 Å². The number of alkyl halides is 1. The summed E-state index contributed by atoms with van der Waals surface area (Å²) in [6.07, 6.45) is 2.14. The van der Waals surface area contributed by atoms with Gasteiger partial charge in [0.15, 0.2) is 0 Å². The minimum atomic E-state index is -0.169. The molecule has 1 aliphatic rings. The second-order valence-electron chi connectivity index (χ2n) is 4.29. The van der Waals surface area contributed by atoms with E-state index in [0.717, 1.165) is 25.0 Å². The lowest BCUT2D eigenvalue weighted by atomic mass is 9.93. The highest BCUT2D eigenvalue weighted by Gasteiger charge is 2.38. The van der Waals surface area contributed by atoms with Crippen LogP contribution in [-0.2, 0) is 4.74 Å². The van der Waals surface area contributed by atoms with Crippen molar-refractivity contribution in [1.82, 2.24) is 0 Å². The zero-order chi connectivity index (χ0) is 11.8. The van der Waals surface area contributed by atoms with Crippen molar-refractivity contribution < 1.29 is 4.74 Å². The highest BCUT2D eigenvalue weighted by molar-refractivity contribution is 9.09. The maximum absolute atomic E-state index is 6.19. The van der Waals surface area contributed by atoms with Gasteiger partial charge in [-0.1, -0.05) is 45.2 Å². The molecule has 16 heavy (non-hydrogen) atoms. The van der Waals surface area contributed by atoms with E-state index < -0.39 is 0 Å². The lowest BCUT2D eigenvalue weighted by Crippen LogP contribution is -2.28. The Balaban J connectivity index is 2.29. The van der Waals surface area contributed by atoms with Crippen LogP contribution in [0.2, 0.25) is 10.0 Å². The van der Waals surface area contributed by atoms with E-state index in [1.165, 1.54) is 0 Å². The molecular formula is C12H13BrCl2O. The molecule has 0 amide bonds. The maximum Gasteiger partial charge on any atom is 0.0821 e. The van der Waals surface area contributed by atoms with Crippen molar-refractivity contribution in [3.8, 4) is 0 Å². The van der Waals surface area contributed by atoms with Gasteiger partial charge >= 0.3 is 0 Å². The second kappa shape index (κ2) is 4.85. The Morgan fingerprint density at radius 1 is 1.44 bits per heavy atom. The molecule has 4 heteroatoms. The van der Waals surface area contributed by atoms with Crippen LogP contribution in [0.1, 0.15) is 30.2 Å². The standard InChI is InChI=1S/C12H13BrCl2O/c1-12(5-2-6-16-12)11(13)9-4-3-8(14)7-10(9)15/h3-4,7,11H,2,5-6H2,1H3. The van der Waals surface area contributed by atoms with Crippen LogP contribution in [-0.4, -0.2) is 12.2 Å². The van der Waals surface area contributed by atoms with E-state index in [9.17, 15) is 0 Å². The molecule has 0 bridgehead atoms. The molecule has 1 aliphatic heterocycles. The molecule has 2 rings (SSSR count). The Labute approximate surface area is 114 Å². The SMILES string of the molecule is CC1(C(Br)c2ccc(Cl)cc2Cl)CCCO1. The third-order valence-electron chi connectivity index (χ3n) is 3.02. The van der Waals surface area contributed by atoms with Crippen molar-refractivity contribution in [3.63, 3.8) is 0 Å². The van der Waals surface area contributed by atoms with Crippen molar-refractivity contribution in [2.45, 2.75) is 30.2 Å². The van der Waals surface area contributed by atoms with Gasteiger partial charge in [-0.2, -0.15) is 0 Å². The molecule has 1 nitrogen and oxygen atoms in total. The first-order valence-electron chi connectivity index (χ1n) is 5.26. The minimum Gasteiger partial charge on any atom is -0.374 e. The highest BCUT2D eigenvalue weighted by Crippen LogP contribution is 2.45. The molecule has 88 valence electrons. The number of hydrogen-bond donors (Lipinski definition) is 0. The minimum absolute atomic E-state index is 0.104. The van der Waals surface area contributed by atoms with Gasteiger partial charge in [0, 0.05) is 16.7 Å². The van der Waals surface area contributed by atoms with Crippen LogP contribution in [0.25, 0.3) is 0 Å². The van der Waals surface area contributed by atoms with Crippen LogP contribution in [0.4, 0.5) is 0 Å². The topological polar surface area (TPSA) is 9.23 Å². The highest BCUT2D eigenvalue weighted by atomic mass is 79.9. The molecule has 0 saturated carbocycles. The molecule has 0 spiro atoms. The van der Waals surface area contributed by atoms with E-state index >= 15 is 0 Å². The number of benzene rings is 1. The van der Waals surface area contributed by atoms with Crippen LogP contribution in [0.5, 0.6) is 0 Å². The molecule has 1 saturated heterocycles. The van der Waals surface area contributed by atoms with Gasteiger partial charge < -0.3 is 4.74 Å². The van der Waals surface area contributed by atoms with Crippen molar-refractivity contribution in [2.75, 3.05) is 6.61 Å². The van der Waals surface area contributed by atoms with Crippen molar-refractivity contribution in [3.05, 3.63) is 33.8 Å². The lowest BCUT2D eigenvalue weighted by Gasteiger charge is -2.30. The molecular weight excluding hydrogens is 311 g/mol. The van der Waals surface area contributed by atoms with E-state index in [4.69, 9.17) is 27.9 Å². The van der Waals surface area contributed by atoms with Crippen molar-refractivity contribution in [2.24, 2.45) is 0 Å². The van der Waals surface area contributed by atoms with Crippen molar-refractivity contribution >= 4 is 39.1 Å². The summed E-state index contributed by atoms with van der Waals surface area (Å²) < 4.78 is 5.80. The van der Waals surface area contributed by atoms with Crippen LogP contribution >= 0.6 is 39.1 Å². The Morgan fingerprint density at radius 2 is 2.19 bits per heavy atom. The second-order valence-corrected chi connectivity index (χ2v) is 6.05. The molecule has 0 N–H and O–H groups in total. The first-order chi connectivity index (χ1) is 7.53. The van der Waals surface area contributed by atoms with Crippen LogP contribution in [0.3, 0.4) is 0 Å². The lowest BCUT2D eigenvalue weighted by molar-refractivity contribution is 0.0198. The fraction of sp³-hybridized carbons (Fsp3) is 0.500. The fourth-order valence-electron chi connectivity index (χ4n) is 2.04. The Bertz CT molecular complexity index is 389. The fourth-order valence-corrected chi connectivity index (χ4v) is 3.45. The normalized spacial score (nSPS) is 27.0. The Kier molecular flexibility index (Phi) is 3.85. The summed E-state index contributed by atoms with van der Waals surface area (Å²) in [4.78, 5) is 0.104. The summed E-state index contributed by atoms with van der Waals surface area (Å²) in [5.41, 5.74) is 0.868. The molecule has 0 aliphatic carbocycles. The van der Waals surface area contributed by atoms with Gasteiger partial charge in [-0.15, -0.1) is 0 Å². The summed E-state index contributed by atoms with van der Waals surface area (Å²) in [5.74, 6) is 0. The van der Waals surface area contributed by atoms with Gasteiger partial charge in [-0.05, 0) is 37.5 Å². The van der Waals surface area contributed by atoms with Gasteiger partial charge in [0.25, 0.3) is 0 Å². The largest absolute Gasteiger partial charge is 0.374 e. The van der Waals surface area contributed by atoms with E-state index in [1.54, 1.807) is 6.07 Å². The van der Waals surface area contributed by atoms with E-state index in [-0.39, 0.29) is 10.4 Å². The zero-order valence-corrected chi connectivity index (χ0v) is 12.1.